The average Bonchev–Trinajstić information content (AvgIpc) is 3.17. The van der Waals surface area contributed by atoms with Crippen LogP contribution >= 0.6 is 0 Å². The second-order valence-electron chi connectivity index (χ2n) is 8.23. The van der Waals surface area contributed by atoms with Crippen molar-refractivity contribution in [2.75, 3.05) is 43.1 Å². The maximum atomic E-state index is 12.9. The molecule has 2 fully saturated rings. The Kier molecular flexibility index (Phi) is 6.18. The number of aliphatic hydroxyl groups excluding tert-OH is 1. The number of nitrogens with one attached hydrogen (secondary N) is 1. The molecule has 3 amide bonds. The van der Waals surface area contributed by atoms with Crippen molar-refractivity contribution in [3.05, 3.63) is 11.8 Å². The van der Waals surface area contributed by atoms with E-state index in [1.807, 2.05) is 0 Å². The van der Waals surface area contributed by atoms with E-state index >= 15 is 0 Å². The molecule has 0 saturated carbocycles. The molecule has 2 aliphatic heterocycles. The zero-order valence-corrected chi connectivity index (χ0v) is 17.6. The summed E-state index contributed by atoms with van der Waals surface area (Å²) in [4.78, 5) is 28.8. The number of piperidine rings is 1. The molecule has 2 saturated heterocycles. The fraction of sp³-hybridized carbons (Fsp3) is 0.722. The van der Waals surface area contributed by atoms with Crippen molar-refractivity contribution < 1.29 is 27.6 Å². The van der Waals surface area contributed by atoms with Crippen molar-refractivity contribution >= 4 is 27.6 Å². The van der Waals surface area contributed by atoms with Gasteiger partial charge in [-0.1, -0.05) is 19.0 Å². The Morgan fingerprint density at radius 1 is 1.28 bits per heavy atom. The van der Waals surface area contributed by atoms with E-state index in [0.717, 1.165) is 12.8 Å². The minimum Gasteiger partial charge on any atom is -0.395 e. The number of carbonyl (C=O) groups is 2. The van der Waals surface area contributed by atoms with Crippen molar-refractivity contribution in [3.63, 3.8) is 0 Å². The van der Waals surface area contributed by atoms with Crippen molar-refractivity contribution in [1.29, 1.82) is 0 Å². The van der Waals surface area contributed by atoms with Gasteiger partial charge in [0.15, 0.2) is 15.7 Å². The van der Waals surface area contributed by atoms with E-state index in [2.05, 4.69) is 10.5 Å². The number of nitrogens with zero attached hydrogens (tertiary/aromatic N) is 3. The lowest BCUT2D eigenvalue weighted by Crippen LogP contribution is -2.56. The summed E-state index contributed by atoms with van der Waals surface area (Å²) in [5.74, 6) is 0.219. The Hall–Kier alpha value is -2.14. The summed E-state index contributed by atoms with van der Waals surface area (Å²) >= 11 is 0. The highest BCUT2D eigenvalue weighted by molar-refractivity contribution is 7.91. The summed E-state index contributed by atoms with van der Waals surface area (Å²) in [5, 5.41) is 16.0. The second kappa shape index (κ2) is 8.31. The van der Waals surface area contributed by atoms with Gasteiger partial charge in [-0.2, -0.15) is 0 Å². The molecule has 1 unspecified atom stereocenters. The highest BCUT2D eigenvalue weighted by atomic mass is 32.2. The Morgan fingerprint density at radius 3 is 2.62 bits per heavy atom. The number of hydrogen-bond acceptors (Lipinski definition) is 7. The molecule has 0 spiro atoms. The van der Waals surface area contributed by atoms with Crippen molar-refractivity contribution in [2.45, 2.75) is 44.6 Å². The van der Waals surface area contributed by atoms with E-state index in [1.54, 1.807) is 19.9 Å². The zero-order valence-electron chi connectivity index (χ0n) is 16.8. The molecule has 2 N–H and O–H groups in total. The molecular formula is C18H28N4O6S. The van der Waals surface area contributed by atoms with Crippen LogP contribution in [0.1, 0.15) is 38.9 Å². The van der Waals surface area contributed by atoms with Crippen LogP contribution in [-0.2, 0) is 20.0 Å². The van der Waals surface area contributed by atoms with E-state index in [4.69, 9.17) is 4.52 Å². The first-order valence-electron chi connectivity index (χ1n) is 9.78. The van der Waals surface area contributed by atoms with Crippen LogP contribution in [0.25, 0.3) is 0 Å². The van der Waals surface area contributed by atoms with Crippen LogP contribution in [0, 0.1) is 0 Å². The number of amides is 3. The Labute approximate surface area is 170 Å². The lowest BCUT2D eigenvalue weighted by atomic mass is 9.92. The number of aliphatic hydroxyl groups is 1. The largest absolute Gasteiger partial charge is 0.395 e. The smallest absolute Gasteiger partial charge is 0.320 e. The number of carbonyl (C=O) groups excluding carboxylic acids is 2. The van der Waals surface area contributed by atoms with E-state index in [9.17, 15) is 23.1 Å². The first-order chi connectivity index (χ1) is 13.6. The third kappa shape index (κ3) is 4.89. The van der Waals surface area contributed by atoms with Gasteiger partial charge in [0.2, 0.25) is 5.91 Å². The standard InChI is InChI=1S/C18H28N4O6S/c1-18(2,12-23)14-11-15(20-28-14)19-16(24)13-5-3-4-6-22(13)17(25)21-7-9-29(26,27)10-8-21/h11,13,23H,3-10,12H2,1-2H3,(H,19,20,24). The van der Waals surface area contributed by atoms with Crippen molar-refractivity contribution in [2.24, 2.45) is 0 Å². The van der Waals surface area contributed by atoms with Gasteiger partial charge in [0.1, 0.15) is 11.8 Å². The maximum absolute atomic E-state index is 12.9. The van der Waals surface area contributed by atoms with Crippen LogP contribution in [-0.4, -0.2) is 84.2 Å². The lowest BCUT2D eigenvalue weighted by Gasteiger charge is -2.39. The molecule has 1 atom stereocenters. The molecule has 162 valence electrons. The normalized spacial score (nSPS) is 22.4. The number of likely N-dealkylation sites (tertiary alicyclic amines) is 1. The summed E-state index contributed by atoms with van der Waals surface area (Å²) in [6.45, 7) is 4.19. The van der Waals surface area contributed by atoms with Crippen LogP contribution in [0.15, 0.2) is 10.6 Å². The molecule has 11 heteroatoms. The van der Waals surface area contributed by atoms with Crippen LogP contribution < -0.4 is 5.32 Å². The van der Waals surface area contributed by atoms with Gasteiger partial charge in [0.25, 0.3) is 0 Å². The number of sulfone groups is 1. The van der Waals surface area contributed by atoms with E-state index in [1.165, 1.54) is 9.80 Å². The van der Waals surface area contributed by atoms with Gasteiger partial charge >= 0.3 is 6.03 Å². The fourth-order valence-electron chi connectivity index (χ4n) is 3.46. The minimum absolute atomic E-state index is 0.0498. The van der Waals surface area contributed by atoms with Gasteiger partial charge in [-0.25, -0.2) is 13.2 Å². The second-order valence-corrected chi connectivity index (χ2v) is 10.5. The molecule has 0 aromatic carbocycles. The topological polar surface area (TPSA) is 133 Å². The molecular weight excluding hydrogens is 400 g/mol. The Balaban J connectivity index is 1.67. The summed E-state index contributed by atoms with van der Waals surface area (Å²) in [6, 6.07) is 0.612. The number of anilines is 1. The SMILES string of the molecule is CC(C)(CO)c1cc(NC(=O)C2CCCCN2C(=O)N2CCS(=O)(=O)CC2)no1. The molecule has 1 aromatic heterocycles. The van der Waals surface area contributed by atoms with Crippen molar-refractivity contribution in [1.82, 2.24) is 15.0 Å². The molecule has 0 aliphatic carbocycles. The van der Waals surface area contributed by atoms with E-state index < -0.39 is 21.3 Å². The van der Waals surface area contributed by atoms with E-state index in [0.29, 0.717) is 18.7 Å². The fourth-order valence-corrected chi connectivity index (χ4v) is 4.66. The Morgan fingerprint density at radius 2 is 1.97 bits per heavy atom. The minimum atomic E-state index is -3.09. The molecule has 2 aliphatic rings. The van der Waals surface area contributed by atoms with Gasteiger partial charge in [-0.3, -0.25) is 4.79 Å². The predicted molar refractivity (Wildman–Crippen MR) is 105 cm³/mol. The third-order valence-electron chi connectivity index (χ3n) is 5.49. The van der Waals surface area contributed by atoms with E-state index in [-0.39, 0.29) is 49.0 Å². The van der Waals surface area contributed by atoms with Crippen molar-refractivity contribution in [3.8, 4) is 0 Å². The number of aromatic nitrogens is 1. The summed E-state index contributed by atoms with van der Waals surface area (Å²) in [5.41, 5.74) is -0.628. The summed E-state index contributed by atoms with van der Waals surface area (Å²) in [6.07, 6.45) is 2.13. The quantitative estimate of drug-likeness (QED) is 0.717. The number of hydrogen-bond donors (Lipinski definition) is 2. The number of rotatable bonds is 4. The van der Waals surface area contributed by atoms with Gasteiger partial charge in [0.05, 0.1) is 18.1 Å². The molecule has 10 nitrogen and oxygen atoms in total. The monoisotopic (exact) mass is 428 g/mol. The van der Waals surface area contributed by atoms with Crippen LogP contribution in [0.4, 0.5) is 10.6 Å². The first kappa shape index (κ1) is 21.6. The van der Waals surface area contributed by atoms with Gasteiger partial charge in [0, 0.05) is 31.1 Å². The Bertz CT molecular complexity index is 851. The molecule has 1 aromatic rings. The summed E-state index contributed by atoms with van der Waals surface area (Å²) in [7, 11) is -3.09. The zero-order chi connectivity index (χ0) is 21.2. The maximum Gasteiger partial charge on any atom is 0.320 e. The van der Waals surface area contributed by atoms with Crippen LogP contribution in [0.5, 0.6) is 0 Å². The van der Waals surface area contributed by atoms with Gasteiger partial charge < -0.3 is 24.7 Å². The molecule has 3 heterocycles. The molecule has 3 rings (SSSR count). The van der Waals surface area contributed by atoms with Crippen LogP contribution in [0.3, 0.4) is 0 Å². The highest BCUT2D eigenvalue weighted by Crippen LogP contribution is 2.26. The molecule has 0 radical (unpaired) electrons. The van der Waals surface area contributed by atoms with Crippen LogP contribution in [0.2, 0.25) is 0 Å². The average molecular weight is 429 g/mol. The lowest BCUT2D eigenvalue weighted by molar-refractivity contribution is -0.121. The third-order valence-corrected chi connectivity index (χ3v) is 7.10. The highest BCUT2D eigenvalue weighted by Gasteiger charge is 2.36. The summed E-state index contributed by atoms with van der Waals surface area (Å²) < 4.78 is 28.5. The molecule has 29 heavy (non-hydrogen) atoms. The van der Waals surface area contributed by atoms with Gasteiger partial charge in [-0.15, -0.1) is 0 Å². The number of urea groups is 1. The van der Waals surface area contributed by atoms with Gasteiger partial charge in [-0.05, 0) is 19.3 Å². The predicted octanol–water partition coefficient (Wildman–Crippen LogP) is 0.588. The molecule has 0 bridgehead atoms. The first-order valence-corrected chi connectivity index (χ1v) is 11.6.